The maximum absolute atomic E-state index is 6.20. The standard InChI is InChI=1S/C13H18ClN5/c1-5-9-17-10(6-2)19(18-9)13-11(8(3)4)12(14)15-7-16-13/h7-8H,5-6H2,1-4H3. The Labute approximate surface area is 118 Å². The fourth-order valence-electron chi connectivity index (χ4n) is 1.97. The summed E-state index contributed by atoms with van der Waals surface area (Å²) < 4.78 is 1.79. The summed E-state index contributed by atoms with van der Waals surface area (Å²) in [6, 6.07) is 0. The smallest absolute Gasteiger partial charge is 0.163 e. The molecule has 0 bridgehead atoms. The van der Waals surface area contributed by atoms with Gasteiger partial charge in [-0.05, 0) is 5.92 Å². The van der Waals surface area contributed by atoms with E-state index in [4.69, 9.17) is 11.6 Å². The lowest BCUT2D eigenvalue weighted by Gasteiger charge is -2.13. The number of aryl methyl sites for hydroxylation is 2. The van der Waals surface area contributed by atoms with Crippen LogP contribution in [0.2, 0.25) is 5.15 Å². The summed E-state index contributed by atoms with van der Waals surface area (Å²) in [7, 11) is 0. The molecule has 0 aliphatic heterocycles. The predicted octanol–water partition coefficient (Wildman–Crippen LogP) is 2.96. The van der Waals surface area contributed by atoms with E-state index in [1.807, 2.05) is 6.92 Å². The van der Waals surface area contributed by atoms with Crippen LogP contribution in [0, 0.1) is 0 Å². The van der Waals surface area contributed by atoms with E-state index in [9.17, 15) is 0 Å². The van der Waals surface area contributed by atoms with Crippen LogP contribution in [0.4, 0.5) is 0 Å². The highest BCUT2D eigenvalue weighted by atomic mass is 35.5. The summed E-state index contributed by atoms with van der Waals surface area (Å²) in [5.74, 6) is 2.68. The number of aromatic nitrogens is 5. The molecule has 0 fully saturated rings. The molecule has 0 N–H and O–H groups in total. The predicted molar refractivity (Wildman–Crippen MR) is 74.8 cm³/mol. The van der Waals surface area contributed by atoms with Crippen molar-refractivity contribution >= 4 is 11.6 Å². The van der Waals surface area contributed by atoms with E-state index in [1.54, 1.807) is 4.68 Å². The van der Waals surface area contributed by atoms with Crippen molar-refractivity contribution in [2.75, 3.05) is 0 Å². The van der Waals surface area contributed by atoms with Crippen molar-refractivity contribution < 1.29 is 0 Å². The van der Waals surface area contributed by atoms with E-state index >= 15 is 0 Å². The molecule has 0 spiro atoms. The van der Waals surface area contributed by atoms with Gasteiger partial charge in [-0.1, -0.05) is 39.3 Å². The molecule has 0 radical (unpaired) electrons. The summed E-state index contributed by atoms with van der Waals surface area (Å²) >= 11 is 6.20. The molecule has 2 aromatic heterocycles. The number of hydrogen-bond acceptors (Lipinski definition) is 4. The van der Waals surface area contributed by atoms with Gasteiger partial charge in [-0.25, -0.2) is 15.0 Å². The summed E-state index contributed by atoms with van der Waals surface area (Å²) in [6.45, 7) is 8.22. The topological polar surface area (TPSA) is 56.5 Å². The molecule has 0 unspecified atom stereocenters. The maximum atomic E-state index is 6.20. The Morgan fingerprint density at radius 1 is 1.21 bits per heavy atom. The summed E-state index contributed by atoms with van der Waals surface area (Å²) in [4.78, 5) is 12.9. The van der Waals surface area contributed by atoms with Gasteiger partial charge in [0.15, 0.2) is 11.6 Å². The third-order valence-electron chi connectivity index (χ3n) is 2.94. The fraction of sp³-hybridized carbons (Fsp3) is 0.538. The Morgan fingerprint density at radius 3 is 2.53 bits per heavy atom. The zero-order valence-corrected chi connectivity index (χ0v) is 12.4. The Hall–Kier alpha value is -1.49. The molecule has 19 heavy (non-hydrogen) atoms. The molecule has 6 heteroatoms. The molecule has 0 aliphatic rings. The quantitative estimate of drug-likeness (QED) is 0.808. The van der Waals surface area contributed by atoms with Gasteiger partial charge in [0.25, 0.3) is 0 Å². The molecule has 5 nitrogen and oxygen atoms in total. The van der Waals surface area contributed by atoms with Crippen molar-refractivity contribution in [1.29, 1.82) is 0 Å². The Morgan fingerprint density at radius 2 is 1.95 bits per heavy atom. The van der Waals surface area contributed by atoms with Crippen LogP contribution < -0.4 is 0 Å². The molecule has 102 valence electrons. The van der Waals surface area contributed by atoms with Crippen molar-refractivity contribution in [3.05, 3.63) is 28.7 Å². The van der Waals surface area contributed by atoms with Crippen LogP contribution in [-0.4, -0.2) is 24.7 Å². The molecular formula is C13H18ClN5. The minimum absolute atomic E-state index is 0.225. The molecule has 2 heterocycles. The first kappa shape index (κ1) is 13.9. The maximum Gasteiger partial charge on any atom is 0.163 e. The zero-order chi connectivity index (χ0) is 14.0. The highest BCUT2D eigenvalue weighted by Gasteiger charge is 2.19. The van der Waals surface area contributed by atoms with Crippen LogP contribution in [0.25, 0.3) is 5.82 Å². The molecule has 0 amide bonds. The van der Waals surface area contributed by atoms with E-state index in [-0.39, 0.29) is 5.92 Å². The van der Waals surface area contributed by atoms with Crippen LogP contribution in [0.5, 0.6) is 0 Å². The molecule has 2 aromatic rings. The molecule has 0 aliphatic carbocycles. The third-order valence-corrected chi connectivity index (χ3v) is 3.24. The second-order valence-corrected chi connectivity index (χ2v) is 4.98. The second-order valence-electron chi connectivity index (χ2n) is 4.62. The van der Waals surface area contributed by atoms with Crippen LogP contribution >= 0.6 is 11.6 Å². The Kier molecular flexibility index (Phi) is 4.14. The second kappa shape index (κ2) is 5.65. The molecule has 0 atom stereocenters. The van der Waals surface area contributed by atoms with E-state index in [2.05, 4.69) is 40.8 Å². The van der Waals surface area contributed by atoms with Gasteiger partial charge in [-0.15, -0.1) is 5.10 Å². The number of halogens is 1. The number of rotatable bonds is 4. The molecule has 0 aromatic carbocycles. The van der Waals surface area contributed by atoms with Crippen molar-refractivity contribution in [3.8, 4) is 5.82 Å². The van der Waals surface area contributed by atoms with Crippen molar-refractivity contribution in [2.24, 2.45) is 0 Å². The van der Waals surface area contributed by atoms with Crippen molar-refractivity contribution in [1.82, 2.24) is 24.7 Å². The molecular weight excluding hydrogens is 262 g/mol. The van der Waals surface area contributed by atoms with Crippen molar-refractivity contribution in [3.63, 3.8) is 0 Å². The third kappa shape index (κ3) is 2.61. The Bertz CT molecular complexity index is 576. The number of hydrogen-bond donors (Lipinski definition) is 0. The lowest BCUT2D eigenvalue weighted by Crippen LogP contribution is -2.10. The van der Waals surface area contributed by atoms with Gasteiger partial charge >= 0.3 is 0 Å². The first-order valence-corrected chi connectivity index (χ1v) is 6.91. The largest absolute Gasteiger partial charge is 0.224 e. The van der Waals surface area contributed by atoms with Crippen molar-refractivity contribution in [2.45, 2.75) is 46.5 Å². The van der Waals surface area contributed by atoms with Gasteiger partial charge in [0.05, 0.1) is 0 Å². The first-order valence-electron chi connectivity index (χ1n) is 6.54. The summed E-state index contributed by atoms with van der Waals surface area (Å²) in [5.41, 5.74) is 0.909. The average molecular weight is 280 g/mol. The van der Waals surface area contributed by atoms with Gasteiger partial charge in [0.2, 0.25) is 0 Å². The van der Waals surface area contributed by atoms with Gasteiger partial charge < -0.3 is 0 Å². The first-order chi connectivity index (χ1) is 9.08. The zero-order valence-electron chi connectivity index (χ0n) is 11.7. The molecule has 0 saturated carbocycles. The SMILES string of the molecule is CCc1nc(CC)n(-c2ncnc(Cl)c2C(C)C)n1. The normalized spacial score (nSPS) is 11.3. The van der Waals surface area contributed by atoms with E-state index in [0.29, 0.717) is 5.15 Å². The van der Waals surface area contributed by atoms with Crippen LogP contribution in [-0.2, 0) is 12.8 Å². The highest BCUT2D eigenvalue weighted by molar-refractivity contribution is 6.30. The molecule has 0 saturated heterocycles. The number of nitrogens with zero attached hydrogens (tertiary/aromatic N) is 5. The average Bonchev–Trinajstić information content (AvgIpc) is 2.81. The van der Waals surface area contributed by atoms with Gasteiger partial charge in [-0.3, -0.25) is 0 Å². The monoisotopic (exact) mass is 279 g/mol. The van der Waals surface area contributed by atoms with Gasteiger partial charge in [0.1, 0.15) is 17.3 Å². The van der Waals surface area contributed by atoms with E-state index in [0.717, 1.165) is 35.9 Å². The summed E-state index contributed by atoms with van der Waals surface area (Å²) in [5, 5.41) is 4.99. The molecule has 2 rings (SSSR count). The Balaban J connectivity index is 2.64. The van der Waals surface area contributed by atoms with Gasteiger partial charge in [0, 0.05) is 18.4 Å². The van der Waals surface area contributed by atoms with Crippen LogP contribution in [0.3, 0.4) is 0 Å². The highest BCUT2D eigenvalue weighted by Crippen LogP contribution is 2.27. The summed E-state index contributed by atoms with van der Waals surface area (Å²) in [6.07, 6.45) is 3.07. The van der Waals surface area contributed by atoms with Gasteiger partial charge in [-0.2, -0.15) is 4.68 Å². The minimum Gasteiger partial charge on any atom is -0.224 e. The van der Waals surface area contributed by atoms with E-state index in [1.165, 1.54) is 6.33 Å². The minimum atomic E-state index is 0.225. The van der Waals surface area contributed by atoms with E-state index < -0.39 is 0 Å². The lowest BCUT2D eigenvalue weighted by molar-refractivity contribution is 0.731. The van der Waals surface area contributed by atoms with Crippen LogP contribution in [0.15, 0.2) is 6.33 Å². The lowest BCUT2D eigenvalue weighted by atomic mass is 10.1. The van der Waals surface area contributed by atoms with Crippen LogP contribution in [0.1, 0.15) is 50.8 Å². The fourth-order valence-corrected chi connectivity index (χ4v) is 2.32.